The summed E-state index contributed by atoms with van der Waals surface area (Å²) in [5, 5.41) is 8.65. The molecule has 6 heteroatoms. The topological polar surface area (TPSA) is 69.1 Å². The molecule has 17 heavy (non-hydrogen) atoms. The van der Waals surface area contributed by atoms with Crippen molar-refractivity contribution in [3.8, 4) is 11.4 Å². The summed E-state index contributed by atoms with van der Waals surface area (Å²) in [5.41, 5.74) is 7.26. The summed E-state index contributed by atoms with van der Waals surface area (Å²) in [6, 6.07) is 7.05. The van der Waals surface area contributed by atoms with Gasteiger partial charge < -0.3 is 5.73 Å². The molecule has 5 nitrogen and oxygen atoms in total. The molecule has 0 saturated heterocycles. The summed E-state index contributed by atoms with van der Waals surface area (Å²) < 4.78 is 1.77. The molecule has 2 N–H and O–H groups in total. The number of nitrogen functional groups attached to an aromatic ring is 1. The van der Waals surface area contributed by atoms with Gasteiger partial charge in [-0.2, -0.15) is 0 Å². The van der Waals surface area contributed by atoms with Crippen molar-refractivity contribution >= 4 is 23.1 Å². The van der Waals surface area contributed by atoms with Crippen LogP contribution in [0.25, 0.3) is 17.2 Å². The van der Waals surface area contributed by atoms with Gasteiger partial charge in [-0.05, 0) is 24.3 Å². The van der Waals surface area contributed by atoms with Crippen molar-refractivity contribution in [3.63, 3.8) is 0 Å². The maximum Gasteiger partial charge on any atom is 0.255 e. The van der Waals surface area contributed by atoms with Crippen LogP contribution in [-0.2, 0) is 0 Å². The van der Waals surface area contributed by atoms with E-state index in [1.807, 2.05) is 6.20 Å². The molecule has 0 amide bonds. The molecule has 0 fully saturated rings. The van der Waals surface area contributed by atoms with E-state index in [0.29, 0.717) is 22.3 Å². The van der Waals surface area contributed by atoms with Crippen molar-refractivity contribution < 1.29 is 0 Å². The van der Waals surface area contributed by atoms with Gasteiger partial charge in [0.05, 0.1) is 0 Å². The molecule has 0 radical (unpaired) electrons. The molecule has 1 aromatic carbocycles. The summed E-state index contributed by atoms with van der Waals surface area (Å²) in [6.45, 7) is 0. The lowest BCUT2D eigenvalue weighted by Crippen LogP contribution is -1.95. The van der Waals surface area contributed by atoms with Crippen LogP contribution < -0.4 is 5.73 Å². The Kier molecular flexibility index (Phi) is 2.19. The number of benzene rings is 1. The van der Waals surface area contributed by atoms with Gasteiger partial charge in [0.2, 0.25) is 0 Å². The minimum atomic E-state index is 0.530. The number of nitrogens with zero attached hydrogens (tertiary/aromatic N) is 4. The Balaban J connectivity index is 2.31. The molecule has 0 unspecified atom stereocenters. The maximum absolute atomic E-state index is 5.96. The van der Waals surface area contributed by atoms with E-state index in [2.05, 4.69) is 15.2 Å². The van der Waals surface area contributed by atoms with Crippen LogP contribution in [0.3, 0.4) is 0 Å². The highest BCUT2D eigenvalue weighted by Gasteiger charge is 2.11. The third-order valence-electron chi connectivity index (χ3n) is 2.45. The zero-order valence-electron chi connectivity index (χ0n) is 8.71. The van der Waals surface area contributed by atoms with E-state index in [0.717, 1.165) is 5.56 Å². The fraction of sp³-hybridized carbons (Fsp3) is 0. The Morgan fingerprint density at radius 1 is 1.24 bits per heavy atom. The van der Waals surface area contributed by atoms with E-state index in [1.165, 1.54) is 0 Å². The van der Waals surface area contributed by atoms with E-state index < -0.39 is 0 Å². The van der Waals surface area contributed by atoms with Crippen LogP contribution in [-0.4, -0.2) is 19.6 Å². The molecule has 0 spiro atoms. The summed E-state index contributed by atoms with van der Waals surface area (Å²) in [4.78, 5) is 4.10. The van der Waals surface area contributed by atoms with Crippen LogP contribution in [0.2, 0.25) is 5.02 Å². The van der Waals surface area contributed by atoms with Crippen LogP contribution in [0, 0.1) is 0 Å². The molecule has 3 rings (SSSR count). The number of halogens is 1. The summed E-state index contributed by atoms with van der Waals surface area (Å²) in [6.07, 6.45) is 3.49. The highest BCUT2D eigenvalue weighted by molar-refractivity contribution is 6.31. The highest BCUT2D eigenvalue weighted by Crippen LogP contribution is 2.27. The number of fused-ring (bicyclic) bond motifs is 1. The van der Waals surface area contributed by atoms with E-state index >= 15 is 0 Å². The van der Waals surface area contributed by atoms with Gasteiger partial charge in [0, 0.05) is 28.7 Å². The van der Waals surface area contributed by atoms with Crippen molar-refractivity contribution in [3.05, 3.63) is 41.7 Å². The number of hydrogen-bond acceptors (Lipinski definition) is 4. The minimum absolute atomic E-state index is 0.530. The average Bonchev–Trinajstić information content (AvgIpc) is 2.76. The van der Waals surface area contributed by atoms with Crippen molar-refractivity contribution in [2.75, 3.05) is 5.73 Å². The molecule has 84 valence electrons. The quantitative estimate of drug-likeness (QED) is 0.666. The number of rotatable bonds is 1. The van der Waals surface area contributed by atoms with Crippen molar-refractivity contribution in [1.82, 2.24) is 19.6 Å². The van der Waals surface area contributed by atoms with Gasteiger partial charge >= 0.3 is 0 Å². The van der Waals surface area contributed by atoms with Gasteiger partial charge in [0.25, 0.3) is 5.78 Å². The first-order chi connectivity index (χ1) is 8.25. The molecule has 0 aliphatic carbocycles. The first kappa shape index (κ1) is 10.0. The average molecular weight is 246 g/mol. The van der Waals surface area contributed by atoms with Crippen molar-refractivity contribution in [2.45, 2.75) is 0 Å². The number of anilines is 1. The fourth-order valence-electron chi connectivity index (χ4n) is 1.65. The SMILES string of the molecule is Nc1ccc(Cl)cc1-c1nnc2ncccn12. The van der Waals surface area contributed by atoms with Crippen LogP contribution in [0.4, 0.5) is 5.69 Å². The molecule has 0 atom stereocenters. The normalized spacial score (nSPS) is 10.9. The first-order valence-corrected chi connectivity index (χ1v) is 5.34. The summed E-state index contributed by atoms with van der Waals surface area (Å²) in [7, 11) is 0. The largest absolute Gasteiger partial charge is 0.398 e. The van der Waals surface area contributed by atoms with Crippen LogP contribution >= 0.6 is 11.6 Å². The Bertz CT molecular complexity index is 691. The third-order valence-corrected chi connectivity index (χ3v) is 2.68. The molecule has 0 bridgehead atoms. The van der Waals surface area contributed by atoms with E-state index in [-0.39, 0.29) is 0 Å². The molecule has 2 aromatic heterocycles. The fourth-order valence-corrected chi connectivity index (χ4v) is 1.82. The zero-order valence-corrected chi connectivity index (χ0v) is 9.46. The summed E-state index contributed by atoms with van der Waals surface area (Å²) >= 11 is 5.96. The van der Waals surface area contributed by atoms with Gasteiger partial charge in [-0.25, -0.2) is 4.98 Å². The van der Waals surface area contributed by atoms with Crippen LogP contribution in [0.1, 0.15) is 0 Å². The smallest absolute Gasteiger partial charge is 0.255 e. The second kappa shape index (κ2) is 3.71. The van der Waals surface area contributed by atoms with Gasteiger partial charge in [-0.1, -0.05) is 11.6 Å². The molecule has 0 aliphatic rings. The molecular weight excluding hydrogens is 238 g/mol. The monoisotopic (exact) mass is 245 g/mol. The molecule has 3 aromatic rings. The lowest BCUT2D eigenvalue weighted by atomic mass is 10.1. The van der Waals surface area contributed by atoms with Gasteiger partial charge in [0.15, 0.2) is 5.82 Å². The van der Waals surface area contributed by atoms with Gasteiger partial charge in [0.1, 0.15) is 0 Å². The highest BCUT2D eigenvalue weighted by atomic mass is 35.5. The molecule has 2 heterocycles. The maximum atomic E-state index is 5.96. The summed E-state index contributed by atoms with van der Waals surface area (Å²) in [5.74, 6) is 1.16. The lowest BCUT2D eigenvalue weighted by Gasteiger charge is -2.03. The number of nitrogens with two attached hydrogens (primary N) is 1. The van der Waals surface area contributed by atoms with E-state index in [1.54, 1.807) is 34.9 Å². The predicted octanol–water partition coefficient (Wildman–Crippen LogP) is 2.03. The van der Waals surface area contributed by atoms with Gasteiger partial charge in [-0.15, -0.1) is 10.2 Å². The number of aromatic nitrogens is 4. The predicted molar refractivity (Wildman–Crippen MR) is 65.6 cm³/mol. The Morgan fingerprint density at radius 3 is 3.00 bits per heavy atom. The second-order valence-corrected chi connectivity index (χ2v) is 3.98. The second-order valence-electron chi connectivity index (χ2n) is 3.54. The lowest BCUT2D eigenvalue weighted by molar-refractivity contribution is 1.10. The van der Waals surface area contributed by atoms with E-state index in [4.69, 9.17) is 17.3 Å². The van der Waals surface area contributed by atoms with E-state index in [9.17, 15) is 0 Å². The van der Waals surface area contributed by atoms with Crippen molar-refractivity contribution in [2.24, 2.45) is 0 Å². The zero-order chi connectivity index (χ0) is 11.8. The first-order valence-electron chi connectivity index (χ1n) is 4.97. The molecule has 0 aliphatic heterocycles. The molecule has 0 saturated carbocycles. The minimum Gasteiger partial charge on any atom is -0.398 e. The van der Waals surface area contributed by atoms with Crippen LogP contribution in [0.5, 0.6) is 0 Å². The Hall–Kier alpha value is -2.14. The molecular formula is C11H8ClN5. The Morgan fingerprint density at radius 2 is 2.12 bits per heavy atom. The number of hydrogen-bond donors (Lipinski definition) is 1. The van der Waals surface area contributed by atoms with Crippen LogP contribution in [0.15, 0.2) is 36.7 Å². The van der Waals surface area contributed by atoms with Gasteiger partial charge in [-0.3, -0.25) is 4.40 Å². The Labute approximate surface area is 102 Å². The standard InChI is InChI=1S/C11H8ClN5/c12-7-2-3-9(13)8(6-7)10-15-16-11-14-4-1-5-17(10)11/h1-6H,13H2. The van der Waals surface area contributed by atoms with Crippen molar-refractivity contribution in [1.29, 1.82) is 0 Å². The third kappa shape index (κ3) is 1.60.